The van der Waals surface area contributed by atoms with Gasteiger partial charge in [0.2, 0.25) is 0 Å². The topological polar surface area (TPSA) is 47.3 Å². The first-order valence-corrected chi connectivity index (χ1v) is 6.40. The van der Waals surface area contributed by atoms with E-state index in [4.69, 9.17) is 10.5 Å². The van der Waals surface area contributed by atoms with Gasteiger partial charge < -0.3 is 15.8 Å². The monoisotopic (exact) mass is 256 g/mol. The van der Waals surface area contributed by atoms with Crippen molar-refractivity contribution >= 4 is 5.69 Å². The highest BCUT2D eigenvalue weighted by Crippen LogP contribution is 2.24. The Morgan fingerprint density at radius 2 is 1.95 bits per heavy atom. The van der Waals surface area contributed by atoms with Gasteiger partial charge >= 0.3 is 0 Å². The van der Waals surface area contributed by atoms with Crippen molar-refractivity contribution in [3.63, 3.8) is 0 Å². The molecular weight excluding hydrogens is 236 g/mol. The first kappa shape index (κ1) is 13.4. The Morgan fingerprint density at radius 3 is 2.63 bits per heavy atom. The molecule has 3 N–H and O–H groups in total. The predicted octanol–water partition coefficient (Wildman–Crippen LogP) is 3.12. The number of nitrogens with two attached hydrogens (primary N) is 1. The second kappa shape index (κ2) is 6.25. The maximum atomic E-state index is 5.90. The molecule has 0 bridgehead atoms. The van der Waals surface area contributed by atoms with Crippen molar-refractivity contribution in [3.05, 3.63) is 59.7 Å². The van der Waals surface area contributed by atoms with Crippen LogP contribution in [0.25, 0.3) is 0 Å². The molecule has 0 saturated heterocycles. The lowest BCUT2D eigenvalue weighted by Crippen LogP contribution is -2.21. The van der Waals surface area contributed by atoms with Crippen molar-refractivity contribution in [3.8, 4) is 5.75 Å². The van der Waals surface area contributed by atoms with E-state index in [0.717, 1.165) is 11.4 Å². The Kier molecular flexibility index (Phi) is 4.42. The normalized spacial score (nSPS) is 11.9. The summed E-state index contributed by atoms with van der Waals surface area (Å²) in [6.45, 7) is 2.65. The zero-order valence-corrected chi connectivity index (χ0v) is 11.4. The molecule has 0 heterocycles. The largest absolute Gasteiger partial charge is 0.497 e. The SMILES string of the molecule is COc1cccc(NC(CN)c2ccccc2C)c1. The predicted molar refractivity (Wildman–Crippen MR) is 79.6 cm³/mol. The average molecular weight is 256 g/mol. The summed E-state index contributed by atoms with van der Waals surface area (Å²) in [5, 5.41) is 3.46. The van der Waals surface area contributed by atoms with Gasteiger partial charge in [-0.3, -0.25) is 0 Å². The van der Waals surface area contributed by atoms with E-state index in [1.807, 2.05) is 36.4 Å². The minimum absolute atomic E-state index is 0.105. The summed E-state index contributed by atoms with van der Waals surface area (Å²) in [6, 6.07) is 16.3. The van der Waals surface area contributed by atoms with Gasteiger partial charge in [-0.2, -0.15) is 0 Å². The summed E-state index contributed by atoms with van der Waals surface area (Å²) < 4.78 is 5.23. The zero-order chi connectivity index (χ0) is 13.7. The van der Waals surface area contributed by atoms with E-state index in [1.54, 1.807) is 7.11 Å². The molecule has 100 valence electrons. The molecule has 0 saturated carbocycles. The lowest BCUT2D eigenvalue weighted by molar-refractivity contribution is 0.415. The van der Waals surface area contributed by atoms with Crippen LogP contribution in [0.5, 0.6) is 5.75 Å². The van der Waals surface area contributed by atoms with Crippen LogP contribution >= 0.6 is 0 Å². The highest BCUT2D eigenvalue weighted by Gasteiger charge is 2.11. The maximum absolute atomic E-state index is 5.90. The van der Waals surface area contributed by atoms with E-state index in [2.05, 4.69) is 24.4 Å². The van der Waals surface area contributed by atoms with E-state index in [1.165, 1.54) is 11.1 Å². The maximum Gasteiger partial charge on any atom is 0.120 e. The number of hydrogen-bond donors (Lipinski definition) is 2. The van der Waals surface area contributed by atoms with Gasteiger partial charge in [-0.1, -0.05) is 30.3 Å². The van der Waals surface area contributed by atoms with Gasteiger partial charge in [-0.15, -0.1) is 0 Å². The molecule has 0 spiro atoms. The third-order valence-corrected chi connectivity index (χ3v) is 3.21. The van der Waals surface area contributed by atoms with Gasteiger partial charge in [-0.05, 0) is 30.2 Å². The van der Waals surface area contributed by atoms with Crippen LogP contribution in [0.15, 0.2) is 48.5 Å². The molecule has 3 nitrogen and oxygen atoms in total. The van der Waals surface area contributed by atoms with Crippen LogP contribution in [0.2, 0.25) is 0 Å². The van der Waals surface area contributed by atoms with Gasteiger partial charge in [0.05, 0.1) is 13.2 Å². The van der Waals surface area contributed by atoms with E-state index >= 15 is 0 Å². The highest BCUT2D eigenvalue weighted by atomic mass is 16.5. The Hall–Kier alpha value is -2.00. The first-order valence-electron chi connectivity index (χ1n) is 6.40. The number of anilines is 1. The number of ether oxygens (including phenoxy) is 1. The molecule has 0 aliphatic carbocycles. The molecule has 0 amide bonds. The van der Waals surface area contributed by atoms with Crippen LogP contribution in [-0.4, -0.2) is 13.7 Å². The number of benzene rings is 2. The number of nitrogens with one attached hydrogen (secondary N) is 1. The molecule has 2 aromatic carbocycles. The third-order valence-electron chi connectivity index (χ3n) is 3.21. The van der Waals surface area contributed by atoms with Crippen molar-refractivity contribution in [2.75, 3.05) is 19.0 Å². The van der Waals surface area contributed by atoms with E-state index in [9.17, 15) is 0 Å². The second-order valence-electron chi connectivity index (χ2n) is 4.52. The molecule has 19 heavy (non-hydrogen) atoms. The van der Waals surface area contributed by atoms with Crippen molar-refractivity contribution in [2.24, 2.45) is 5.73 Å². The summed E-state index contributed by atoms with van der Waals surface area (Å²) >= 11 is 0. The van der Waals surface area contributed by atoms with E-state index in [-0.39, 0.29) is 6.04 Å². The summed E-state index contributed by atoms with van der Waals surface area (Å²) in [5.41, 5.74) is 9.38. The van der Waals surface area contributed by atoms with Gasteiger partial charge in [0.25, 0.3) is 0 Å². The van der Waals surface area contributed by atoms with Gasteiger partial charge in [0.15, 0.2) is 0 Å². The van der Waals surface area contributed by atoms with Crippen molar-refractivity contribution < 1.29 is 4.74 Å². The van der Waals surface area contributed by atoms with Crippen molar-refractivity contribution in [1.82, 2.24) is 0 Å². The van der Waals surface area contributed by atoms with Crippen LogP contribution in [0.1, 0.15) is 17.2 Å². The number of rotatable bonds is 5. The second-order valence-corrected chi connectivity index (χ2v) is 4.52. The first-order chi connectivity index (χ1) is 9.24. The summed E-state index contributed by atoms with van der Waals surface area (Å²) in [5.74, 6) is 0.838. The molecular formula is C16H20N2O. The van der Waals surface area contributed by atoms with Crippen LogP contribution < -0.4 is 15.8 Å². The Bertz CT molecular complexity index is 540. The van der Waals surface area contributed by atoms with Gasteiger partial charge in [0, 0.05) is 18.3 Å². The molecule has 3 heteroatoms. The fourth-order valence-electron chi connectivity index (χ4n) is 2.16. The Balaban J connectivity index is 2.21. The molecule has 0 aliphatic heterocycles. The summed E-state index contributed by atoms with van der Waals surface area (Å²) in [7, 11) is 1.67. The van der Waals surface area contributed by atoms with Crippen LogP contribution in [0.4, 0.5) is 5.69 Å². The quantitative estimate of drug-likeness (QED) is 0.864. The third kappa shape index (κ3) is 3.26. The molecule has 1 atom stereocenters. The molecule has 0 aliphatic rings. The lowest BCUT2D eigenvalue weighted by atomic mass is 10.0. The van der Waals surface area contributed by atoms with Crippen molar-refractivity contribution in [1.29, 1.82) is 0 Å². The molecule has 2 aromatic rings. The standard InChI is InChI=1S/C16H20N2O/c1-12-6-3-4-9-15(12)16(11-17)18-13-7-5-8-14(10-13)19-2/h3-10,16,18H,11,17H2,1-2H3. The highest BCUT2D eigenvalue weighted by molar-refractivity contribution is 5.50. The van der Waals surface area contributed by atoms with Crippen LogP contribution in [0, 0.1) is 6.92 Å². The molecule has 1 unspecified atom stereocenters. The number of methoxy groups -OCH3 is 1. The van der Waals surface area contributed by atoms with E-state index < -0.39 is 0 Å². The fraction of sp³-hybridized carbons (Fsp3) is 0.250. The Morgan fingerprint density at radius 1 is 1.16 bits per heavy atom. The number of aryl methyl sites for hydroxylation is 1. The van der Waals surface area contributed by atoms with E-state index in [0.29, 0.717) is 6.54 Å². The average Bonchev–Trinajstić information content (AvgIpc) is 2.46. The van der Waals surface area contributed by atoms with Gasteiger partial charge in [-0.25, -0.2) is 0 Å². The molecule has 0 aromatic heterocycles. The summed E-state index contributed by atoms with van der Waals surface area (Å²) in [6.07, 6.45) is 0. The smallest absolute Gasteiger partial charge is 0.120 e. The molecule has 0 radical (unpaired) electrons. The molecule has 2 rings (SSSR count). The zero-order valence-electron chi connectivity index (χ0n) is 11.4. The minimum atomic E-state index is 0.105. The number of hydrogen-bond acceptors (Lipinski definition) is 3. The van der Waals surface area contributed by atoms with Crippen molar-refractivity contribution in [2.45, 2.75) is 13.0 Å². The van der Waals surface area contributed by atoms with Gasteiger partial charge in [0.1, 0.15) is 5.75 Å². The fourth-order valence-corrected chi connectivity index (χ4v) is 2.16. The van der Waals surface area contributed by atoms with Crippen LogP contribution in [-0.2, 0) is 0 Å². The molecule has 0 fully saturated rings. The van der Waals surface area contributed by atoms with Crippen LogP contribution in [0.3, 0.4) is 0 Å². The minimum Gasteiger partial charge on any atom is -0.497 e. The lowest BCUT2D eigenvalue weighted by Gasteiger charge is -2.20. The summed E-state index contributed by atoms with van der Waals surface area (Å²) in [4.78, 5) is 0. The Labute approximate surface area is 114 Å².